The second-order valence-electron chi connectivity index (χ2n) is 5.92. The Morgan fingerprint density at radius 3 is 2.74 bits per heavy atom. The van der Waals surface area contributed by atoms with Gasteiger partial charge < -0.3 is 14.9 Å². The average Bonchev–Trinajstić information content (AvgIpc) is 3.25. The molecule has 2 N–H and O–H groups in total. The van der Waals surface area contributed by atoms with Crippen LogP contribution in [-0.4, -0.2) is 22.1 Å². The van der Waals surface area contributed by atoms with Crippen molar-refractivity contribution in [1.82, 2.24) is 10.5 Å². The third-order valence-electron chi connectivity index (χ3n) is 4.22. The van der Waals surface area contributed by atoms with E-state index in [0.29, 0.717) is 17.2 Å². The highest BCUT2D eigenvalue weighted by Gasteiger charge is 2.30. The number of aromatic nitrogens is 1. The number of carbonyl (C=O) groups excluding carboxylic acids is 1. The molecule has 1 aliphatic rings. The number of nitrogens with zero attached hydrogens (tertiary/aromatic N) is 1. The van der Waals surface area contributed by atoms with E-state index in [-0.39, 0.29) is 5.69 Å². The molecule has 120 valence electrons. The Bertz CT molecular complexity index is 762. The zero-order valence-corrected chi connectivity index (χ0v) is 13.0. The molecule has 1 fully saturated rings. The van der Waals surface area contributed by atoms with E-state index in [1.54, 1.807) is 18.2 Å². The smallest absolute Gasteiger partial charge is 0.330 e. The van der Waals surface area contributed by atoms with Gasteiger partial charge in [0.2, 0.25) is 0 Å². The molecule has 2 aromatic rings. The normalized spacial score (nSPS) is 15.2. The minimum Gasteiger partial charge on any atom is -0.479 e. The van der Waals surface area contributed by atoms with E-state index in [9.17, 15) is 14.7 Å². The van der Waals surface area contributed by atoms with Gasteiger partial charge in [0.05, 0.1) is 0 Å². The van der Waals surface area contributed by atoms with Crippen molar-refractivity contribution in [3.8, 4) is 0 Å². The van der Waals surface area contributed by atoms with E-state index in [2.05, 4.69) is 10.5 Å². The Kier molecular flexibility index (Phi) is 3.90. The zero-order valence-electron chi connectivity index (χ0n) is 13.0. The molecule has 23 heavy (non-hydrogen) atoms. The highest BCUT2D eigenvalue weighted by Crippen LogP contribution is 2.40. The molecule has 1 amide bonds. The second-order valence-corrected chi connectivity index (χ2v) is 5.92. The monoisotopic (exact) mass is 314 g/mol. The molecule has 0 spiro atoms. The number of aliphatic carboxylic acids is 1. The van der Waals surface area contributed by atoms with E-state index in [1.165, 1.54) is 0 Å². The molecule has 0 aliphatic heterocycles. The topological polar surface area (TPSA) is 92.4 Å². The fraction of sp³-hybridized carbons (Fsp3) is 0.353. The highest BCUT2D eigenvalue weighted by molar-refractivity contribution is 5.95. The van der Waals surface area contributed by atoms with Crippen LogP contribution in [0.1, 0.15) is 57.7 Å². The van der Waals surface area contributed by atoms with Gasteiger partial charge in [-0.25, -0.2) is 4.79 Å². The van der Waals surface area contributed by atoms with Crippen molar-refractivity contribution in [1.29, 1.82) is 0 Å². The Morgan fingerprint density at radius 1 is 1.35 bits per heavy atom. The molecule has 3 rings (SSSR count). The third kappa shape index (κ3) is 3.11. The van der Waals surface area contributed by atoms with Gasteiger partial charge in [0.25, 0.3) is 5.91 Å². The van der Waals surface area contributed by atoms with Gasteiger partial charge in [0.1, 0.15) is 5.76 Å². The lowest BCUT2D eigenvalue weighted by Gasteiger charge is -2.17. The maximum absolute atomic E-state index is 12.3. The fourth-order valence-corrected chi connectivity index (χ4v) is 2.52. The van der Waals surface area contributed by atoms with Crippen LogP contribution in [0.15, 0.2) is 28.8 Å². The fourth-order valence-electron chi connectivity index (χ4n) is 2.52. The van der Waals surface area contributed by atoms with Crippen LogP contribution in [0.2, 0.25) is 0 Å². The lowest BCUT2D eigenvalue weighted by molar-refractivity contribution is -0.139. The number of rotatable bonds is 5. The summed E-state index contributed by atoms with van der Waals surface area (Å²) in [7, 11) is 0. The molecule has 1 heterocycles. The summed E-state index contributed by atoms with van der Waals surface area (Å²) in [6.45, 7) is 3.74. The van der Waals surface area contributed by atoms with Gasteiger partial charge in [-0.15, -0.1) is 0 Å². The molecular weight excluding hydrogens is 296 g/mol. The number of aryl methyl sites for hydroxylation is 1. The molecule has 1 aromatic heterocycles. The summed E-state index contributed by atoms with van der Waals surface area (Å²) in [6.07, 6.45) is 2.08. The predicted molar refractivity (Wildman–Crippen MR) is 82.2 cm³/mol. The molecule has 0 bridgehead atoms. The van der Waals surface area contributed by atoms with Crippen LogP contribution in [0.4, 0.5) is 0 Å². The first-order chi connectivity index (χ1) is 11.0. The molecule has 1 unspecified atom stereocenters. The summed E-state index contributed by atoms with van der Waals surface area (Å²) in [5.41, 5.74) is 2.50. The first-order valence-electron chi connectivity index (χ1n) is 7.53. The predicted octanol–water partition coefficient (Wildman–Crippen LogP) is 2.72. The SMILES string of the molecule is Cc1cccc(C(NC(=O)c2cc(C3CC3)on2)C(=O)O)c1C. The lowest BCUT2D eigenvalue weighted by atomic mass is 9.97. The van der Waals surface area contributed by atoms with Gasteiger partial charge in [0.15, 0.2) is 11.7 Å². The summed E-state index contributed by atoms with van der Waals surface area (Å²) < 4.78 is 5.14. The van der Waals surface area contributed by atoms with Gasteiger partial charge in [-0.05, 0) is 43.4 Å². The Labute approximate surface area is 133 Å². The number of hydrogen-bond acceptors (Lipinski definition) is 4. The van der Waals surface area contributed by atoms with Crippen molar-refractivity contribution < 1.29 is 19.2 Å². The second kappa shape index (κ2) is 5.87. The quantitative estimate of drug-likeness (QED) is 0.885. The summed E-state index contributed by atoms with van der Waals surface area (Å²) in [5.74, 6) is -0.626. The number of carbonyl (C=O) groups is 2. The van der Waals surface area contributed by atoms with E-state index in [1.807, 2.05) is 19.9 Å². The lowest BCUT2D eigenvalue weighted by Crippen LogP contribution is -2.34. The van der Waals surface area contributed by atoms with Gasteiger partial charge in [-0.2, -0.15) is 0 Å². The van der Waals surface area contributed by atoms with E-state index in [0.717, 1.165) is 24.0 Å². The number of carboxylic acid groups (broad SMARTS) is 1. The largest absolute Gasteiger partial charge is 0.479 e. The summed E-state index contributed by atoms with van der Waals surface area (Å²) in [5, 5.41) is 15.8. The number of benzene rings is 1. The molecule has 6 nitrogen and oxygen atoms in total. The molecule has 6 heteroatoms. The number of amides is 1. The van der Waals surface area contributed by atoms with Crippen molar-refractivity contribution in [3.63, 3.8) is 0 Å². The van der Waals surface area contributed by atoms with Crippen LogP contribution >= 0.6 is 0 Å². The van der Waals surface area contributed by atoms with Crippen molar-refractivity contribution in [3.05, 3.63) is 52.4 Å². The van der Waals surface area contributed by atoms with Gasteiger partial charge in [0, 0.05) is 12.0 Å². The van der Waals surface area contributed by atoms with E-state index in [4.69, 9.17) is 4.52 Å². The van der Waals surface area contributed by atoms with Crippen LogP contribution in [-0.2, 0) is 4.79 Å². The van der Waals surface area contributed by atoms with Crippen LogP contribution in [0.25, 0.3) is 0 Å². The summed E-state index contributed by atoms with van der Waals surface area (Å²) >= 11 is 0. The number of hydrogen-bond donors (Lipinski definition) is 2. The number of nitrogens with one attached hydrogen (secondary N) is 1. The minimum absolute atomic E-state index is 0.114. The third-order valence-corrected chi connectivity index (χ3v) is 4.22. The molecular formula is C17H18N2O4. The summed E-state index contributed by atoms with van der Waals surface area (Å²) in [6, 6.07) is 5.86. The van der Waals surface area contributed by atoms with E-state index < -0.39 is 17.9 Å². The van der Waals surface area contributed by atoms with Crippen LogP contribution in [0.5, 0.6) is 0 Å². The van der Waals surface area contributed by atoms with Crippen molar-refractivity contribution in [2.45, 2.75) is 38.6 Å². The first kappa shape index (κ1) is 15.3. The summed E-state index contributed by atoms with van der Waals surface area (Å²) in [4.78, 5) is 23.9. The molecule has 1 aromatic carbocycles. The standard InChI is InChI=1S/C17H18N2O4/c1-9-4-3-5-12(10(9)2)15(17(21)22)18-16(20)13-8-14(23-19-13)11-6-7-11/h3-5,8,11,15H,6-7H2,1-2H3,(H,18,20)(H,21,22). The molecule has 0 radical (unpaired) electrons. The van der Waals surface area contributed by atoms with Crippen LogP contribution in [0.3, 0.4) is 0 Å². The molecule has 0 saturated heterocycles. The van der Waals surface area contributed by atoms with Crippen molar-refractivity contribution in [2.75, 3.05) is 0 Å². The Morgan fingerprint density at radius 2 is 2.09 bits per heavy atom. The highest BCUT2D eigenvalue weighted by atomic mass is 16.5. The van der Waals surface area contributed by atoms with Crippen molar-refractivity contribution in [2.24, 2.45) is 0 Å². The van der Waals surface area contributed by atoms with E-state index >= 15 is 0 Å². The van der Waals surface area contributed by atoms with Crippen molar-refractivity contribution >= 4 is 11.9 Å². The van der Waals surface area contributed by atoms with Gasteiger partial charge in [-0.1, -0.05) is 23.4 Å². The zero-order chi connectivity index (χ0) is 16.6. The molecule has 1 atom stereocenters. The minimum atomic E-state index is -1.12. The average molecular weight is 314 g/mol. The molecule has 1 saturated carbocycles. The Balaban J connectivity index is 1.82. The van der Waals surface area contributed by atoms with Gasteiger partial charge in [-0.3, -0.25) is 4.79 Å². The first-order valence-corrected chi connectivity index (χ1v) is 7.53. The maximum atomic E-state index is 12.3. The number of carboxylic acids is 1. The molecule has 1 aliphatic carbocycles. The maximum Gasteiger partial charge on any atom is 0.330 e. The Hall–Kier alpha value is -2.63. The van der Waals surface area contributed by atoms with Crippen LogP contribution < -0.4 is 5.32 Å². The van der Waals surface area contributed by atoms with Crippen LogP contribution in [0, 0.1) is 13.8 Å². The van der Waals surface area contributed by atoms with Gasteiger partial charge >= 0.3 is 5.97 Å².